The van der Waals surface area contributed by atoms with Crippen molar-refractivity contribution in [2.24, 2.45) is 0 Å². The lowest BCUT2D eigenvalue weighted by atomic mass is 9.88. The van der Waals surface area contributed by atoms with Crippen LogP contribution in [-0.4, -0.2) is 31.3 Å². The van der Waals surface area contributed by atoms with Crippen molar-refractivity contribution in [2.75, 3.05) is 20.4 Å². The fourth-order valence-corrected chi connectivity index (χ4v) is 2.74. The third-order valence-corrected chi connectivity index (χ3v) is 4.07. The zero-order valence-electron chi connectivity index (χ0n) is 9.79. The van der Waals surface area contributed by atoms with Crippen LogP contribution in [0.1, 0.15) is 17.5 Å². The van der Waals surface area contributed by atoms with Crippen LogP contribution < -0.4 is 0 Å². The molecule has 0 fully saturated rings. The largest absolute Gasteiger partial charge is 0.306 e. The number of rotatable bonds is 2. The number of nitrogens with zero attached hydrogens (tertiary/aromatic N) is 1. The van der Waals surface area contributed by atoms with Gasteiger partial charge in [-0.15, -0.1) is 11.8 Å². The number of aryl methyl sites for hydroxylation is 1. The van der Waals surface area contributed by atoms with E-state index in [9.17, 15) is 0 Å². The number of likely N-dealkylation sites (N-methyl/N-ethyl adjacent to an activating group) is 1. The second kappa shape index (κ2) is 4.58. The summed E-state index contributed by atoms with van der Waals surface area (Å²) in [6.07, 6.45) is 5.91. The second-order valence-corrected chi connectivity index (χ2v) is 5.37. The highest BCUT2D eigenvalue weighted by atomic mass is 32.2. The van der Waals surface area contributed by atoms with Gasteiger partial charge in [-0.05, 0) is 62.9 Å². The SMILES string of the molecule is CSc1ccc2c(c1)CCC(N(C)C)C2. The summed E-state index contributed by atoms with van der Waals surface area (Å²) < 4.78 is 0. The minimum Gasteiger partial charge on any atom is -0.306 e. The van der Waals surface area contributed by atoms with Crippen LogP contribution in [0.5, 0.6) is 0 Å². The van der Waals surface area contributed by atoms with Gasteiger partial charge in [0.15, 0.2) is 0 Å². The van der Waals surface area contributed by atoms with Gasteiger partial charge < -0.3 is 4.90 Å². The van der Waals surface area contributed by atoms with E-state index in [2.05, 4.69) is 43.5 Å². The van der Waals surface area contributed by atoms with Crippen molar-refractivity contribution in [3.8, 4) is 0 Å². The first-order valence-corrected chi connectivity index (χ1v) is 6.75. The van der Waals surface area contributed by atoms with E-state index in [0.29, 0.717) is 0 Å². The van der Waals surface area contributed by atoms with Crippen molar-refractivity contribution in [1.29, 1.82) is 0 Å². The Kier molecular flexibility index (Phi) is 3.37. The van der Waals surface area contributed by atoms with Crippen molar-refractivity contribution in [3.63, 3.8) is 0 Å². The number of thioether (sulfide) groups is 1. The molecule has 0 bridgehead atoms. The van der Waals surface area contributed by atoms with Crippen LogP contribution in [0, 0.1) is 0 Å². The van der Waals surface area contributed by atoms with Crippen LogP contribution in [0.3, 0.4) is 0 Å². The topological polar surface area (TPSA) is 3.24 Å². The summed E-state index contributed by atoms with van der Waals surface area (Å²) in [5, 5.41) is 0. The summed E-state index contributed by atoms with van der Waals surface area (Å²) >= 11 is 1.84. The molecule has 0 saturated heterocycles. The van der Waals surface area contributed by atoms with E-state index in [1.807, 2.05) is 11.8 Å². The molecule has 2 heteroatoms. The van der Waals surface area contributed by atoms with Crippen LogP contribution in [0.2, 0.25) is 0 Å². The van der Waals surface area contributed by atoms with Gasteiger partial charge in [-0.2, -0.15) is 0 Å². The molecule has 1 nitrogen and oxygen atoms in total. The van der Waals surface area contributed by atoms with Crippen LogP contribution in [0.4, 0.5) is 0 Å². The van der Waals surface area contributed by atoms with E-state index in [1.54, 1.807) is 11.1 Å². The standard InChI is InChI=1S/C13H19NS/c1-14(2)12-6-4-11-9-13(15-3)7-5-10(11)8-12/h5,7,9,12H,4,6,8H2,1-3H3. The first kappa shape index (κ1) is 11.0. The molecule has 1 unspecified atom stereocenters. The summed E-state index contributed by atoms with van der Waals surface area (Å²) in [7, 11) is 4.37. The first-order valence-electron chi connectivity index (χ1n) is 5.53. The van der Waals surface area contributed by atoms with Crippen LogP contribution >= 0.6 is 11.8 Å². The molecular weight excluding hydrogens is 202 g/mol. The Bertz CT molecular complexity index is 346. The lowest BCUT2D eigenvalue weighted by molar-refractivity contribution is 0.268. The normalized spacial score (nSPS) is 20.4. The van der Waals surface area contributed by atoms with Gasteiger partial charge in [0.2, 0.25) is 0 Å². The summed E-state index contributed by atoms with van der Waals surface area (Å²) in [5.74, 6) is 0. The van der Waals surface area contributed by atoms with Gasteiger partial charge in [0.05, 0.1) is 0 Å². The molecule has 1 aromatic rings. The molecule has 15 heavy (non-hydrogen) atoms. The Labute approximate surface area is 96.9 Å². The van der Waals surface area contributed by atoms with E-state index in [1.165, 1.54) is 24.2 Å². The second-order valence-electron chi connectivity index (χ2n) is 4.49. The van der Waals surface area contributed by atoms with Gasteiger partial charge in [-0.25, -0.2) is 0 Å². The van der Waals surface area contributed by atoms with Crippen LogP contribution in [-0.2, 0) is 12.8 Å². The van der Waals surface area contributed by atoms with Gasteiger partial charge in [0.1, 0.15) is 0 Å². The van der Waals surface area contributed by atoms with E-state index in [0.717, 1.165) is 6.04 Å². The summed E-state index contributed by atoms with van der Waals surface area (Å²) in [6, 6.07) is 7.67. The maximum Gasteiger partial charge on any atom is 0.0133 e. The fraction of sp³-hybridized carbons (Fsp3) is 0.538. The van der Waals surface area contributed by atoms with Crippen molar-refractivity contribution in [1.82, 2.24) is 4.90 Å². The number of fused-ring (bicyclic) bond motifs is 1. The molecule has 1 aromatic carbocycles. The Hall–Kier alpha value is -0.470. The highest BCUT2D eigenvalue weighted by Gasteiger charge is 2.19. The number of hydrogen-bond acceptors (Lipinski definition) is 2. The van der Waals surface area contributed by atoms with Gasteiger partial charge in [0.25, 0.3) is 0 Å². The number of hydrogen-bond donors (Lipinski definition) is 0. The molecular formula is C13H19NS. The highest BCUT2D eigenvalue weighted by molar-refractivity contribution is 7.98. The minimum atomic E-state index is 0.734. The lowest BCUT2D eigenvalue weighted by Gasteiger charge is -2.30. The summed E-state index contributed by atoms with van der Waals surface area (Å²) in [6.45, 7) is 0. The van der Waals surface area contributed by atoms with Crippen LogP contribution in [0.15, 0.2) is 23.1 Å². The molecule has 0 saturated carbocycles. The quantitative estimate of drug-likeness (QED) is 0.707. The molecule has 82 valence electrons. The Morgan fingerprint density at radius 2 is 2.07 bits per heavy atom. The maximum atomic E-state index is 2.37. The zero-order valence-corrected chi connectivity index (χ0v) is 10.6. The van der Waals surface area contributed by atoms with E-state index in [-0.39, 0.29) is 0 Å². The predicted octanol–water partition coefficient (Wildman–Crippen LogP) is 2.83. The first-order chi connectivity index (χ1) is 7.20. The molecule has 1 atom stereocenters. The molecule has 0 N–H and O–H groups in total. The average Bonchev–Trinajstić information content (AvgIpc) is 2.27. The van der Waals surface area contributed by atoms with Gasteiger partial charge in [-0.1, -0.05) is 6.07 Å². The average molecular weight is 221 g/mol. The molecule has 0 heterocycles. The molecule has 0 spiro atoms. The van der Waals surface area contributed by atoms with Gasteiger partial charge >= 0.3 is 0 Å². The summed E-state index contributed by atoms with van der Waals surface area (Å²) in [5.41, 5.74) is 3.12. The molecule has 0 aliphatic heterocycles. The van der Waals surface area contributed by atoms with Gasteiger partial charge in [0, 0.05) is 10.9 Å². The smallest absolute Gasteiger partial charge is 0.0133 e. The Balaban J connectivity index is 2.21. The zero-order chi connectivity index (χ0) is 10.8. The van der Waals surface area contributed by atoms with Crippen molar-refractivity contribution >= 4 is 11.8 Å². The molecule has 1 aliphatic rings. The maximum absolute atomic E-state index is 2.37. The highest BCUT2D eigenvalue weighted by Crippen LogP contribution is 2.27. The molecule has 1 aliphatic carbocycles. The Morgan fingerprint density at radius 1 is 1.27 bits per heavy atom. The third-order valence-electron chi connectivity index (χ3n) is 3.35. The van der Waals surface area contributed by atoms with E-state index < -0.39 is 0 Å². The third kappa shape index (κ3) is 2.37. The van der Waals surface area contributed by atoms with Crippen molar-refractivity contribution in [3.05, 3.63) is 29.3 Å². The number of benzene rings is 1. The van der Waals surface area contributed by atoms with Crippen molar-refractivity contribution < 1.29 is 0 Å². The molecule has 0 radical (unpaired) electrons. The lowest BCUT2D eigenvalue weighted by Crippen LogP contribution is -2.33. The minimum absolute atomic E-state index is 0.734. The molecule has 0 aromatic heterocycles. The molecule has 2 rings (SSSR count). The fourth-order valence-electron chi connectivity index (χ4n) is 2.28. The Morgan fingerprint density at radius 3 is 2.73 bits per heavy atom. The van der Waals surface area contributed by atoms with Crippen LogP contribution in [0.25, 0.3) is 0 Å². The monoisotopic (exact) mass is 221 g/mol. The molecule has 0 amide bonds. The predicted molar refractivity (Wildman–Crippen MR) is 67.7 cm³/mol. The summed E-state index contributed by atoms with van der Waals surface area (Å²) in [4.78, 5) is 3.75. The van der Waals surface area contributed by atoms with Crippen molar-refractivity contribution in [2.45, 2.75) is 30.2 Å². The van der Waals surface area contributed by atoms with Gasteiger partial charge in [-0.3, -0.25) is 0 Å². The van der Waals surface area contributed by atoms with E-state index >= 15 is 0 Å². The van der Waals surface area contributed by atoms with E-state index in [4.69, 9.17) is 0 Å².